The highest BCUT2D eigenvalue weighted by molar-refractivity contribution is 5.70. The number of hydrogen-bond donors (Lipinski definition) is 1. The summed E-state index contributed by atoms with van der Waals surface area (Å²) in [6.45, 7) is 5.49. The fourth-order valence-electron chi connectivity index (χ4n) is 0.892. The molecular formula is C8H14O2. The highest BCUT2D eigenvalue weighted by Gasteiger charge is 2.13. The third kappa shape index (κ3) is 3.28. The molecule has 0 saturated carbocycles. The van der Waals surface area contributed by atoms with Gasteiger partial charge in [-0.15, -0.1) is 6.58 Å². The Morgan fingerprint density at radius 3 is 2.70 bits per heavy atom. The van der Waals surface area contributed by atoms with Crippen LogP contribution in [0.5, 0.6) is 0 Å². The van der Waals surface area contributed by atoms with Gasteiger partial charge in [0.05, 0.1) is 5.92 Å². The second-order valence-corrected chi connectivity index (χ2v) is 2.35. The first kappa shape index (κ1) is 9.21. The van der Waals surface area contributed by atoms with Gasteiger partial charge in [-0.3, -0.25) is 4.79 Å². The predicted octanol–water partition coefficient (Wildman–Crippen LogP) is 2.06. The van der Waals surface area contributed by atoms with Gasteiger partial charge in [0.25, 0.3) is 0 Å². The molecule has 0 aliphatic carbocycles. The Hall–Kier alpha value is -0.790. The minimum absolute atomic E-state index is 0.220. The van der Waals surface area contributed by atoms with Crippen molar-refractivity contribution in [1.29, 1.82) is 0 Å². The van der Waals surface area contributed by atoms with Gasteiger partial charge in [0, 0.05) is 0 Å². The van der Waals surface area contributed by atoms with Crippen LogP contribution in [0.25, 0.3) is 0 Å². The van der Waals surface area contributed by atoms with E-state index in [2.05, 4.69) is 6.58 Å². The normalized spacial score (nSPS) is 12.5. The Morgan fingerprint density at radius 1 is 1.80 bits per heavy atom. The molecule has 0 radical (unpaired) electrons. The van der Waals surface area contributed by atoms with Crippen LogP contribution in [0.1, 0.15) is 26.2 Å². The summed E-state index contributed by atoms with van der Waals surface area (Å²) in [6.07, 6.45) is 3.92. The molecule has 1 atom stereocenters. The average molecular weight is 142 g/mol. The molecule has 0 aromatic carbocycles. The molecule has 0 aliphatic rings. The van der Waals surface area contributed by atoms with Gasteiger partial charge in [-0.25, -0.2) is 0 Å². The molecule has 0 saturated heterocycles. The Bertz CT molecular complexity index is 118. The summed E-state index contributed by atoms with van der Waals surface area (Å²) in [7, 11) is 0. The van der Waals surface area contributed by atoms with Crippen LogP contribution in [0.15, 0.2) is 12.7 Å². The molecular weight excluding hydrogens is 128 g/mol. The Balaban J connectivity index is 3.71. The van der Waals surface area contributed by atoms with Gasteiger partial charge in [-0.05, 0) is 12.8 Å². The van der Waals surface area contributed by atoms with Crippen LogP contribution in [-0.4, -0.2) is 11.1 Å². The minimum atomic E-state index is -0.707. The standard InChI is InChI=1S/C8H14O2/c1-3-5-7(6-4-2)8(9)10/h3,7H,1,4-6H2,2H3,(H,9,10). The van der Waals surface area contributed by atoms with E-state index in [9.17, 15) is 4.79 Å². The second-order valence-electron chi connectivity index (χ2n) is 2.35. The summed E-state index contributed by atoms with van der Waals surface area (Å²) in [6, 6.07) is 0. The van der Waals surface area contributed by atoms with Crippen molar-refractivity contribution in [3.63, 3.8) is 0 Å². The number of hydrogen-bond acceptors (Lipinski definition) is 1. The lowest BCUT2D eigenvalue weighted by Crippen LogP contribution is -2.11. The molecule has 0 rings (SSSR count). The van der Waals surface area contributed by atoms with Crippen LogP contribution in [0.4, 0.5) is 0 Å². The van der Waals surface area contributed by atoms with Gasteiger partial charge in [0.1, 0.15) is 0 Å². The van der Waals surface area contributed by atoms with Gasteiger partial charge < -0.3 is 5.11 Å². The average Bonchev–Trinajstić information content (AvgIpc) is 1.87. The van der Waals surface area contributed by atoms with Crippen molar-refractivity contribution in [2.75, 3.05) is 0 Å². The van der Waals surface area contributed by atoms with Crippen LogP contribution in [0.2, 0.25) is 0 Å². The van der Waals surface area contributed by atoms with Crippen LogP contribution in [0.3, 0.4) is 0 Å². The molecule has 2 heteroatoms. The molecule has 0 amide bonds. The molecule has 0 bridgehead atoms. The number of carboxylic acids is 1. The first-order valence-electron chi connectivity index (χ1n) is 3.56. The van der Waals surface area contributed by atoms with Crippen molar-refractivity contribution >= 4 is 5.97 Å². The molecule has 10 heavy (non-hydrogen) atoms. The highest BCUT2D eigenvalue weighted by atomic mass is 16.4. The third-order valence-electron chi connectivity index (χ3n) is 1.44. The van der Waals surface area contributed by atoms with Gasteiger partial charge in [-0.1, -0.05) is 19.4 Å². The summed E-state index contributed by atoms with van der Waals surface area (Å²) >= 11 is 0. The van der Waals surface area contributed by atoms with Gasteiger partial charge >= 0.3 is 5.97 Å². The maximum absolute atomic E-state index is 10.4. The molecule has 0 spiro atoms. The lowest BCUT2D eigenvalue weighted by atomic mass is 10.0. The van der Waals surface area contributed by atoms with Crippen LogP contribution in [-0.2, 0) is 4.79 Å². The predicted molar refractivity (Wildman–Crippen MR) is 40.8 cm³/mol. The number of carbonyl (C=O) groups is 1. The first-order chi connectivity index (χ1) is 4.72. The summed E-state index contributed by atoms with van der Waals surface area (Å²) in [4.78, 5) is 10.4. The topological polar surface area (TPSA) is 37.3 Å². The monoisotopic (exact) mass is 142 g/mol. The molecule has 0 aliphatic heterocycles. The van der Waals surface area contributed by atoms with Crippen molar-refractivity contribution in [3.8, 4) is 0 Å². The number of aliphatic carboxylic acids is 1. The van der Waals surface area contributed by atoms with Gasteiger partial charge in [0.2, 0.25) is 0 Å². The Labute approximate surface area is 61.6 Å². The van der Waals surface area contributed by atoms with Crippen molar-refractivity contribution < 1.29 is 9.90 Å². The molecule has 0 aromatic rings. The molecule has 1 N–H and O–H groups in total. The SMILES string of the molecule is C=CCC(CCC)C(=O)O. The van der Waals surface area contributed by atoms with Gasteiger partial charge in [-0.2, -0.15) is 0 Å². The first-order valence-corrected chi connectivity index (χ1v) is 3.56. The number of carboxylic acid groups (broad SMARTS) is 1. The quantitative estimate of drug-likeness (QED) is 0.596. The maximum atomic E-state index is 10.4. The Kier molecular flexibility index (Phi) is 4.63. The summed E-state index contributed by atoms with van der Waals surface area (Å²) < 4.78 is 0. The zero-order valence-corrected chi connectivity index (χ0v) is 6.34. The lowest BCUT2D eigenvalue weighted by molar-refractivity contribution is -0.141. The van der Waals surface area contributed by atoms with E-state index in [0.29, 0.717) is 6.42 Å². The summed E-state index contributed by atoms with van der Waals surface area (Å²) in [5, 5.41) is 8.59. The number of rotatable bonds is 5. The zero-order valence-electron chi connectivity index (χ0n) is 6.34. The second kappa shape index (κ2) is 5.03. The lowest BCUT2D eigenvalue weighted by Gasteiger charge is -2.06. The van der Waals surface area contributed by atoms with E-state index in [4.69, 9.17) is 5.11 Å². The van der Waals surface area contributed by atoms with E-state index in [1.54, 1.807) is 6.08 Å². The largest absolute Gasteiger partial charge is 0.481 e. The Morgan fingerprint density at radius 2 is 2.40 bits per heavy atom. The molecule has 0 heterocycles. The fraction of sp³-hybridized carbons (Fsp3) is 0.625. The van der Waals surface area contributed by atoms with Gasteiger partial charge in [0.15, 0.2) is 0 Å². The van der Waals surface area contributed by atoms with E-state index in [1.165, 1.54) is 0 Å². The van der Waals surface area contributed by atoms with Crippen molar-refractivity contribution in [1.82, 2.24) is 0 Å². The molecule has 58 valence electrons. The van der Waals surface area contributed by atoms with E-state index < -0.39 is 5.97 Å². The van der Waals surface area contributed by atoms with E-state index in [-0.39, 0.29) is 5.92 Å². The minimum Gasteiger partial charge on any atom is -0.481 e. The van der Waals surface area contributed by atoms with Crippen LogP contribution in [0, 0.1) is 5.92 Å². The maximum Gasteiger partial charge on any atom is 0.306 e. The van der Waals surface area contributed by atoms with E-state index in [1.807, 2.05) is 6.92 Å². The molecule has 1 unspecified atom stereocenters. The molecule has 0 aromatic heterocycles. The summed E-state index contributed by atoms with van der Waals surface area (Å²) in [5.74, 6) is -0.927. The molecule has 2 nitrogen and oxygen atoms in total. The zero-order chi connectivity index (χ0) is 7.98. The summed E-state index contributed by atoms with van der Waals surface area (Å²) in [5.41, 5.74) is 0. The van der Waals surface area contributed by atoms with Crippen molar-refractivity contribution in [3.05, 3.63) is 12.7 Å². The molecule has 0 fully saturated rings. The van der Waals surface area contributed by atoms with Crippen LogP contribution < -0.4 is 0 Å². The highest BCUT2D eigenvalue weighted by Crippen LogP contribution is 2.10. The van der Waals surface area contributed by atoms with E-state index >= 15 is 0 Å². The van der Waals surface area contributed by atoms with Crippen molar-refractivity contribution in [2.24, 2.45) is 5.92 Å². The van der Waals surface area contributed by atoms with Crippen molar-refractivity contribution in [2.45, 2.75) is 26.2 Å². The third-order valence-corrected chi connectivity index (χ3v) is 1.44. The fourth-order valence-corrected chi connectivity index (χ4v) is 0.892. The number of allylic oxidation sites excluding steroid dienone is 1. The van der Waals surface area contributed by atoms with E-state index in [0.717, 1.165) is 12.8 Å². The smallest absolute Gasteiger partial charge is 0.306 e. The van der Waals surface area contributed by atoms with Crippen LogP contribution >= 0.6 is 0 Å².